The lowest BCUT2D eigenvalue weighted by Gasteiger charge is -2.02. The van der Waals surface area contributed by atoms with Gasteiger partial charge in [-0.25, -0.2) is 13.2 Å². The summed E-state index contributed by atoms with van der Waals surface area (Å²) in [6.45, 7) is 0. The first-order valence-electron chi connectivity index (χ1n) is 6.99. The number of hydrogen-bond acceptors (Lipinski definition) is 5. The largest absolute Gasteiger partial charge is 0.296 e. The van der Waals surface area contributed by atoms with Crippen molar-refractivity contribution in [3.8, 4) is 0 Å². The van der Waals surface area contributed by atoms with Gasteiger partial charge in [0.05, 0.1) is 5.56 Å². The molecule has 0 bridgehead atoms. The van der Waals surface area contributed by atoms with Crippen molar-refractivity contribution in [2.75, 3.05) is 5.32 Å². The fourth-order valence-corrected chi connectivity index (χ4v) is 3.70. The predicted molar refractivity (Wildman–Crippen MR) is 90.2 cm³/mol. The maximum absolute atomic E-state index is 13.6. The fourth-order valence-electron chi connectivity index (χ4n) is 1.93. The third-order valence-electron chi connectivity index (χ3n) is 3.15. The normalized spacial score (nSPS) is 10.7. The highest BCUT2D eigenvalue weighted by Gasteiger charge is 2.15. The number of thioether (sulfide) groups is 1. The molecule has 0 aliphatic heterocycles. The number of benzene rings is 2. The minimum atomic E-state index is -0.647. The Hall–Kier alpha value is -2.39. The number of hydrogen-bond donors (Lipinski definition) is 1. The standard InChI is InChI=1S/C16H10F3N3OS2/c17-11-5-2-1-4-9(11)14(23)20-15-21-22-16(25-15)24-8-10-12(18)6-3-7-13(10)19/h1-7H,8H2,(H,20,21,23). The molecule has 1 N–H and O–H groups in total. The number of aromatic nitrogens is 2. The van der Waals surface area contributed by atoms with E-state index in [0.29, 0.717) is 4.34 Å². The second-order valence-corrected chi connectivity index (χ2v) is 7.00. The summed E-state index contributed by atoms with van der Waals surface area (Å²) in [6, 6.07) is 9.20. The van der Waals surface area contributed by atoms with E-state index < -0.39 is 23.4 Å². The molecule has 0 aliphatic carbocycles. The van der Waals surface area contributed by atoms with Gasteiger partial charge < -0.3 is 0 Å². The third-order valence-corrected chi connectivity index (χ3v) is 5.15. The van der Waals surface area contributed by atoms with Gasteiger partial charge in [-0.3, -0.25) is 10.1 Å². The van der Waals surface area contributed by atoms with Crippen LogP contribution in [0.1, 0.15) is 15.9 Å². The monoisotopic (exact) mass is 381 g/mol. The van der Waals surface area contributed by atoms with Gasteiger partial charge in [0.1, 0.15) is 17.5 Å². The Morgan fingerprint density at radius 3 is 2.40 bits per heavy atom. The number of amides is 1. The lowest BCUT2D eigenvalue weighted by Crippen LogP contribution is -2.13. The van der Waals surface area contributed by atoms with Crippen molar-refractivity contribution in [1.82, 2.24) is 10.2 Å². The maximum Gasteiger partial charge on any atom is 0.260 e. The van der Waals surface area contributed by atoms with Crippen LogP contribution in [0.4, 0.5) is 18.3 Å². The van der Waals surface area contributed by atoms with Crippen LogP contribution < -0.4 is 5.32 Å². The van der Waals surface area contributed by atoms with Crippen LogP contribution in [0.15, 0.2) is 46.8 Å². The van der Waals surface area contributed by atoms with Crippen LogP contribution in [0.25, 0.3) is 0 Å². The van der Waals surface area contributed by atoms with Gasteiger partial charge in [0.15, 0.2) is 4.34 Å². The Balaban J connectivity index is 1.65. The topological polar surface area (TPSA) is 54.9 Å². The van der Waals surface area contributed by atoms with Crippen LogP contribution in [-0.2, 0) is 5.75 Å². The van der Waals surface area contributed by atoms with Crippen molar-refractivity contribution >= 4 is 34.1 Å². The van der Waals surface area contributed by atoms with E-state index in [2.05, 4.69) is 15.5 Å². The summed E-state index contributed by atoms with van der Waals surface area (Å²) < 4.78 is 41.1. The van der Waals surface area contributed by atoms with Crippen molar-refractivity contribution in [2.45, 2.75) is 10.1 Å². The molecule has 3 aromatic rings. The number of rotatable bonds is 5. The average Bonchev–Trinajstić information content (AvgIpc) is 3.02. The number of anilines is 1. The van der Waals surface area contributed by atoms with Crippen LogP contribution in [0.5, 0.6) is 0 Å². The molecular formula is C16H10F3N3OS2. The first-order chi connectivity index (χ1) is 12.0. The van der Waals surface area contributed by atoms with E-state index in [4.69, 9.17) is 0 Å². The van der Waals surface area contributed by atoms with E-state index in [1.807, 2.05) is 0 Å². The summed E-state index contributed by atoms with van der Waals surface area (Å²) in [7, 11) is 0. The van der Waals surface area contributed by atoms with Gasteiger partial charge in [0.2, 0.25) is 5.13 Å². The molecule has 0 radical (unpaired) electrons. The zero-order chi connectivity index (χ0) is 17.8. The molecule has 1 amide bonds. The molecule has 128 valence electrons. The SMILES string of the molecule is O=C(Nc1nnc(SCc2c(F)cccc2F)s1)c1ccccc1F. The smallest absolute Gasteiger partial charge is 0.260 e. The van der Waals surface area contributed by atoms with Crippen LogP contribution in [0.2, 0.25) is 0 Å². The zero-order valence-corrected chi connectivity index (χ0v) is 14.1. The van der Waals surface area contributed by atoms with Crippen molar-refractivity contribution in [3.63, 3.8) is 0 Å². The van der Waals surface area contributed by atoms with E-state index in [1.165, 1.54) is 36.4 Å². The molecule has 1 heterocycles. The molecule has 1 aromatic heterocycles. The molecule has 25 heavy (non-hydrogen) atoms. The molecule has 0 atom stereocenters. The summed E-state index contributed by atoms with van der Waals surface area (Å²) in [5, 5.41) is 10.2. The summed E-state index contributed by atoms with van der Waals surface area (Å²) >= 11 is 2.12. The van der Waals surface area contributed by atoms with E-state index in [-0.39, 0.29) is 22.0 Å². The van der Waals surface area contributed by atoms with Crippen LogP contribution in [0.3, 0.4) is 0 Å². The molecule has 0 saturated carbocycles. The highest BCUT2D eigenvalue weighted by atomic mass is 32.2. The van der Waals surface area contributed by atoms with E-state index in [1.54, 1.807) is 6.07 Å². The lowest BCUT2D eigenvalue weighted by molar-refractivity contribution is 0.102. The van der Waals surface area contributed by atoms with Gasteiger partial charge in [-0.1, -0.05) is 41.3 Å². The molecule has 3 rings (SSSR count). The lowest BCUT2D eigenvalue weighted by atomic mass is 10.2. The van der Waals surface area contributed by atoms with Crippen molar-refractivity contribution in [1.29, 1.82) is 0 Å². The average molecular weight is 381 g/mol. The maximum atomic E-state index is 13.6. The van der Waals surface area contributed by atoms with Crippen LogP contribution >= 0.6 is 23.1 Å². The van der Waals surface area contributed by atoms with Crippen LogP contribution in [0, 0.1) is 17.5 Å². The molecule has 0 fully saturated rings. The summed E-state index contributed by atoms with van der Waals surface area (Å²) in [4.78, 5) is 12.0. The number of nitrogens with zero attached hydrogens (tertiary/aromatic N) is 2. The Morgan fingerprint density at radius 2 is 1.68 bits per heavy atom. The number of carbonyl (C=O) groups is 1. The molecule has 4 nitrogen and oxygen atoms in total. The second-order valence-electron chi connectivity index (χ2n) is 4.80. The first kappa shape index (κ1) is 17.4. The fraction of sp³-hybridized carbons (Fsp3) is 0.0625. The van der Waals surface area contributed by atoms with Crippen LogP contribution in [-0.4, -0.2) is 16.1 Å². The Bertz CT molecular complexity index is 897. The summed E-state index contributed by atoms with van der Waals surface area (Å²) in [5.74, 6) is -2.52. The minimum Gasteiger partial charge on any atom is -0.296 e. The molecule has 0 unspecified atom stereocenters. The molecule has 0 spiro atoms. The van der Waals surface area contributed by atoms with Gasteiger partial charge in [-0.2, -0.15) is 0 Å². The molecule has 2 aromatic carbocycles. The molecular weight excluding hydrogens is 371 g/mol. The highest BCUT2D eigenvalue weighted by molar-refractivity contribution is 8.00. The van der Waals surface area contributed by atoms with E-state index in [9.17, 15) is 18.0 Å². The van der Waals surface area contributed by atoms with Gasteiger partial charge in [0, 0.05) is 11.3 Å². The van der Waals surface area contributed by atoms with Crippen molar-refractivity contribution < 1.29 is 18.0 Å². The molecule has 9 heteroatoms. The van der Waals surface area contributed by atoms with Gasteiger partial charge in [-0.05, 0) is 24.3 Å². The third kappa shape index (κ3) is 4.18. The summed E-state index contributed by atoms with van der Waals surface area (Å²) in [6.07, 6.45) is 0. The predicted octanol–water partition coefficient (Wildman–Crippen LogP) is 4.50. The van der Waals surface area contributed by atoms with Crippen molar-refractivity contribution in [2.24, 2.45) is 0 Å². The zero-order valence-electron chi connectivity index (χ0n) is 12.5. The van der Waals surface area contributed by atoms with Gasteiger partial charge in [0.25, 0.3) is 5.91 Å². The van der Waals surface area contributed by atoms with Crippen molar-refractivity contribution in [3.05, 3.63) is 71.0 Å². The van der Waals surface area contributed by atoms with Gasteiger partial charge >= 0.3 is 0 Å². The number of halogens is 3. The Kier molecular flexibility index (Phi) is 5.34. The number of carbonyl (C=O) groups excluding carboxylic acids is 1. The second kappa shape index (κ2) is 7.66. The molecule has 0 saturated heterocycles. The summed E-state index contributed by atoms with van der Waals surface area (Å²) in [5.41, 5.74) is -0.167. The van der Waals surface area contributed by atoms with E-state index in [0.717, 1.165) is 23.1 Å². The highest BCUT2D eigenvalue weighted by Crippen LogP contribution is 2.30. The van der Waals surface area contributed by atoms with E-state index >= 15 is 0 Å². The first-order valence-corrected chi connectivity index (χ1v) is 8.80. The number of nitrogens with one attached hydrogen (secondary N) is 1. The quantitative estimate of drug-likeness (QED) is 0.522. The minimum absolute atomic E-state index is 0.0361. The van der Waals surface area contributed by atoms with Gasteiger partial charge in [-0.15, -0.1) is 10.2 Å². The Morgan fingerprint density at radius 1 is 1.00 bits per heavy atom. The Labute approximate surface area is 149 Å². The molecule has 0 aliphatic rings.